The highest BCUT2D eigenvalue weighted by molar-refractivity contribution is 6.34. The van der Waals surface area contributed by atoms with Crippen molar-refractivity contribution in [1.29, 1.82) is 0 Å². The summed E-state index contributed by atoms with van der Waals surface area (Å²) >= 11 is 6.71. The Labute approximate surface area is 264 Å². The Morgan fingerprint density at radius 2 is 1.73 bits per heavy atom. The zero-order chi connectivity index (χ0) is 30.2. The third-order valence-electron chi connectivity index (χ3n) is 6.67. The number of rotatable bonds is 13. The zero-order valence-electron chi connectivity index (χ0n) is 23.7. The predicted molar refractivity (Wildman–Crippen MR) is 165 cm³/mol. The van der Waals surface area contributed by atoms with Crippen molar-refractivity contribution in [2.75, 3.05) is 13.2 Å². The Balaban J connectivity index is 0.00000442. The van der Waals surface area contributed by atoms with Crippen LogP contribution in [-0.4, -0.2) is 40.6 Å². The second-order valence-corrected chi connectivity index (χ2v) is 9.95. The van der Waals surface area contributed by atoms with Crippen LogP contribution in [0.15, 0.2) is 83.5 Å². The summed E-state index contributed by atoms with van der Waals surface area (Å²) in [4.78, 5) is 12.2. The number of esters is 1. The molecule has 1 aromatic heterocycles. The number of aliphatic hydroxyl groups is 1. The van der Waals surface area contributed by atoms with Gasteiger partial charge in [0, 0.05) is 29.3 Å². The molecule has 0 aliphatic heterocycles. The molecule has 1 heterocycles. The van der Waals surface area contributed by atoms with Crippen molar-refractivity contribution in [2.45, 2.75) is 32.7 Å². The van der Waals surface area contributed by atoms with Gasteiger partial charge in [0.15, 0.2) is 11.6 Å². The fourth-order valence-electron chi connectivity index (χ4n) is 4.42. The molecule has 0 radical (unpaired) electrons. The van der Waals surface area contributed by atoms with Gasteiger partial charge in [-0.25, -0.2) is 9.02 Å². The monoisotopic (exact) mass is 641 g/mol. The number of carbonyl (C=O) groups is 1. The number of nitrogens with one attached hydrogen (secondary N) is 1. The lowest BCUT2D eigenvalue weighted by Gasteiger charge is -2.18. The Hall–Kier alpha value is -4.22. The smallest absolute Gasteiger partial charge is 0.325 e. The first-order chi connectivity index (χ1) is 21.0. The van der Waals surface area contributed by atoms with E-state index in [1.165, 1.54) is 12.1 Å². The highest BCUT2D eigenvalue weighted by Crippen LogP contribution is 2.33. The van der Waals surface area contributed by atoms with Crippen molar-refractivity contribution < 1.29 is 33.1 Å². The first-order valence-corrected chi connectivity index (χ1v) is 14.0. The summed E-state index contributed by atoms with van der Waals surface area (Å²) in [7, 11) is 0. The van der Waals surface area contributed by atoms with Gasteiger partial charge in [-0.1, -0.05) is 66.2 Å². The number of aromatic nitrogens is 2. The molecule has 12 heteroatoms. The lowest BCUT2D eigenvalue weighted by molar-refractivity contribution is -0.146. The van der Waals surface area contributed by atoms with E-state index in [-0.39, 0.29) is 44.5 Å². The quantitative estimate of drug-likeness (QED) is 0.143. The Bertz CT molecular complexity index is 1700. The number of halogens is 3. The van der Waals surface area contributed by atoms with E-state index in [9.17, 15) is 9.90 Å². The minimum absolute atomic E-state index is 0. The summed E-state index contributed by atoms with van der Waals surface area (Å²) in [6, 6.07) is 22.4. The molecule has 5 aromatic rings. The molecule has 230 valence electrons. The first-order valence-electron chi connectivity index (χ1n) is 13.6. The van der Waals surface area contributed by atoms with Crippen LogP contribution >= 0.6 is 24.0 Å². The number of nitrogens with zero attached hydrogens (tertiary/aromatic N) is 2. The number of fused-ring (bicyclic) bond motifs is 1. The molecule has 0 aliphatic carbocycles. The Kier molecular flexibility index (Phi) is 11.5. The van der Waals surface area contributed by atoms with E-state index in [1.807, 2.05) is 54.6 Å². The molecular formula is C32H30Cl2FN3O6. The van der Waals surface area contributed by atoms with E-state index in [0.29, 0.717) is 32.9 Å². The van der Waals surface area contributed by atoms with Crippen molar-refractivity contribution in [3.63, 3.8) is 0 Å². The van der Waals surface area contributed by atoms with Gasteiger partial charge in [0.2, 0.25) is 0 Å². The van der Waals surface area contributed by atoms with E-state index >= 15 is 4.39 Å². The summed E-state index contributed by atoms with van der Waals surface area (Å²) in [5, 5.41) is 20.7. The molecule has 44 heavy (non-hydrogen) atoms. The highest BCUT2D eigenvalue weighted by atomic mass is 35.5. The van der Waals surface area contributed by atoms with Gasteiger partial charge in [-0.15, -0.1) is 12.4 Å². The van der Waals surface area contributed by atoms with Gasteiger partial charge in [-0.2, -0.15) is 0 Å². The first kappa shape index (κ1) is 32.7. The average Bonchev–Trinajstić information content (AvgIpc) is 3.49. The molecule has 0 unspecified atom stereocenters. The standard InChI is InChI=1S/C32H29ClFN3O6.ClH/c1-2-40-32(39)28(17-38)35-16-23-14-25(34)30(15-29(23)41-18-20-11-12-26-27(13-20)37-43-36-26)42-19-22-9-6-10-24(31(22)33)21-7-4-3-5-8-21;/h3-15,28,35,38H,2,16-19H2,1H3;1H/t28-;/m1./s1. The van der Waals surface area contributed by atoms with Crippen LogP contribution in [0.2, 0.25) is 5.02 Å². The molecule has 0 aliphatic rings. The Morgan fingerprint density at radius 3 is 2.50 bits per heavy atom. The van der Waals surface area contributed by atoms with Crippen LogP contribution in [-0.2, 0) is 29.3 Å². The molecule has 0 fully saturated rings. The minimum Gasteiger partial charge on any atom is -0.488 e. The molecule has 0 spiro atoms. The van der Waals surface area contributed by atoms with Crippen LogP contribution in [0.4, 0.5) is 4.39 Å². The molecule has 0 saturated heterocycles. The maximum Gasteiger partial charge on any atom is 0.325 e. The number of carbonyl (C=O) groups excluding carboxylic acids is 1. The number of hydrogen-bond acceptors (Lipinski definition) is 9. The van der Waals surface area contributed by atoms with Gasteiger partial charge >= 0.3 is 5.97 Å². The third-order valence-corrected chi connectivity index (χ3v) is 7.11. The molecule has 0 bridgehead atoms. The highest BCUT2D eigenvalue weighted by Gasteiger charge is 2.20. The molecule has 4 aromatic carbocycles. The lowest BCUT2D eigenvalue weighted by Crippen LogP contribution is -2.40. The van der Waals surface area contributed by atoms with Crippen molar-refractivity contribution in [1.82, 2.24) is 15.6 Å². The number of hydrogen-bond donors (Lipinski definition) is 2. The normalized spacial score (nSPS) is 11.5. The van der Waals surface area contributed by atoms with Gasteiger partial charge in [-0.05, 0) is 46.6 Å². The Morgan fingerprint density at radius 1 is 0.955 bits per heavy atom. The van der Waals surface area contributed by atoms with Gasteiger partial charge in [0.05, 0.1) is 18.2 Å². The minimum atomic E-state index is -0.993. The SMILES string of the molecule is CCOC(=O)[C@@H](CO)NCc1cc(F)c(OCc2cccc(-c3ccccc3)c2Cl)cc1OCc1ccc2nonc2c1.Cl. The lowest BCUT2D eigenvalue weighted by atomic mass is 10.0. The van der Waals surface area contributed by atoms with E-state index in [0.717, 1.165) is 16.7 Å². The number of aliphatic hydroxyl groups excluding tert-OH is 1. The van der Waals surface area contributed by atoms with E-state index in [2.05, 4.69) is 15.6 Å². The van der Waals surface area contributed by atoms with Gasteiger partial charge < -0.3 is 19.3 Å². The van der Waals surface area contributed by atoms with Crippen LogP contribution < -0.4 is 14.8 Å². The second kappa shape index (κ2) is 15.5. The molecule has 0 amide bonds. The molecule has 1 atom stereocenters. The van der Waals surface area contributed by atoms with E-state index in [4.69, 9.17) is 30.4 Å². The topological polar surface area (TPSA) is 116 Å². The van der Waals surface area contributed by atoms with Crippen LogP contribution in [0.25, 0.3) is 22.2 Å². The number of benzene rings is 4. The van der Waals surface area contributed by atoms with Gasteiger partial charge in [-0.3, -0.25) is 10.1 Å². The summed E-state index contributed by atoms with van der Waals surface area (Å²) < 4.78 is 37.1. The van der Waals surface area contributed by atoms with Crippen LogP contribution in [0, 0.1) is 5.82 Å². The zero-order valence-corrected chi connectivity index (χ0v) is 25.2. The molecule has 2 N–H and O–H groups in total. The maximum absolute atomic E-state index is 15.4. The summed E-state index contributed by atoms with van der Waals surface area (Å²) in [6.07, 6.45) is 0. The van der Waals surface area contributed by atoms with Crippen molar-refractivity contribution in [3.05, 3.63) is 106 Å². The largest absolute Gasteiger partial charge is 0.488 e. The molecular weight excluding hydrogens is 612 g/mol. The van der Waals surface area contributed by atoms with Crippen molar-refractivity contribution in [3.8, 4) is 22.6 Å². The van der Waals surface area contributed by atoms with E-state index < -0.39 is 24.4 Å². The van der Waals surface area contributed by atoms with E-state index in [1.54, 1.807) is 19.1 Å². The van der Waals surface area contributed by atoms with Gasteiger partial charge in [0.1, 0.15) is 36.0 Å². The summed E-state index contributed by atoms with van der Waals surface area (Å²) in [6.45, 7) is 1.48. The molecule has 0 saturated carbocycles. The fourth-order valence-corrected chi connectivity index (χ4v) is 4.71. The van der Waals surface area contributed by atoms with Crippen LogP contribution in [0.3, 0.4) is 0 Å². The molecule has 9 nitrogen and oxygen atoms in total. The summed E-state index contributed by atoms with van der Waals surface area (Å²) in [5.74, 6) is -0.976. The maximum atomic E-state index is 15.4. The average molecular weight is 643 g/mol. The third kappa shape index (κ3) is 7.83. The fraction of sp³-hybridized carbons (Fsp3) is 0.219. The summed E-state index contributed by atoms with van der Waals surface area (Å²) in [5.41, 5.74) is 4.84. The van der Waals surface area contributed by atoms with Crippen molar-refractivity contribution >= 4 is 41.0 Å². The van der Waals surface area contributed by atoms with Crippen LogP contribution in [0.1, 0.15) is 23.6 Å². The number of ether oxygens (including phenoxy) is 3. The van der Waals surface area contributed by atoms with Crippen molar-refractivity contribution in [2.24, 2.45) is 0 Å². The second-order valence-electron chi connectivity index (χ2n) is 9.57. The predicted octanol–water partition coefficient (Wildman–Crippen LogP) is 6.28. The van der Waals surface area contributed by atoms with Gasteiger partial charge in [0.25, 0.3) is 0 Å². The van der Waals surface area contributed by atoms with Crippen LogP contribution in [0.5, 0.6) is 11.5 Å². The molecule has 5 rings (SSSR count).